The average Bonchev–Trinajstić information content (AvgIpc) is 3.13. The predicted octanol–water partition coefficient (Wildman–Crippen LogP) is 6.07. The molecule has 1 saturated carbocycles. The molecule has 1 heterocycles. The second kappa shape index (κ2) is 8.75. The summed E-state index contributed by atoms with van der Waals surface area (Å²) >= 11 is 6.24. The molecule has 2 fully saturated rings. The highest BCUT2D eigenvalue weighted by atomic mass is 35.5. The summed E-state index contributed by atoms with van der Waals surface area (Å²) in [7, 11) is 0. The number of benzene rings is 2. The molecule has 1 aliphatic carbocycles. The van der Waals surface area contributed by atoms with Crippen LogP contribution in [0.5, 0.6) is 0 Å². The van der Waals surface area contributed by atoms with Gasteiger partial charge >= 0.3 is 6.09 Å². The molecule has 2 aliphatic rings. The topological polar surface area (TPSA) is 53.3 Å². The Labute approximate surface area is 193 Å². The van der Waals surface area contributed by atoms with Gasteiger partial charge in [-0.3, -0.25) is 0 Å². The molecule has 0 radical (unpaired) electrons. The van der Waals surface area contributed by atoms with E-state index in [2.05, 4.69) is 6.07 Å². The number of hydrogen-bond acceptors (Lipinski definition) is 3. The van der Waals surface area contributed by atoms with Crippen LogP contribution < -0.4 is 0 Å². The van der Waals surface area contributed by atoms with Crippen molar-refractivity contribution in [2.24, 2.45) is 10.8 Å². The van der Waals surface area contributed by atoms with Gasteiger partial charge < -0.3 is 9.64 Å². The summed E-state index contributed by atoms with van der Waals surface area (Å²) in [4.78, 5) is 14.1. The van der Waals surface area contributed by atoms with Crippen molar-refractivity contribution in [3.8, 4) is 6.07 Å². The number of halogens is 2. The zero-order valence-electron chi connectivity index (χ0n) is 18.6. The molecule has 2 atom stereocenters. The molecule has 0 aromatic heterocycles. The molecule has 1 spiro atoms. The van der Waals surface area contributed by atoms with Gasteiger partial charge in [0.15, 0.2) is 0 Å². The van der Waals surface area contributed by atoms with Gasteiger partial charge in [0.25, 0.3) is 0 Å². The number of ether oxygens (including phenoxy) is 1. The first-order chi connectivity index (χ1) is 15.3. The molecular formula is C26H28ClFN2O2. The minimum Gasteiger partial charge on any atom is -0.450 e. The Hall–Kier alpha value is -2.58. The van der Waals surface area contributed by atoms with Crippen LogP contribution in [0.4, 0.5) is 9.18 Å². The lowest BCUT2D eigenvalue weighted by Crippen LogP contribution is -2.31. The van der Waals surface area contributed by atoms with E-state index in [1.165, 1.54) is 0 Å². The molecule has 1 amide bonds. The molecule has 4 rings (SSSR count). The first-order valence-electron chi connectivity index (χ1n) is 11.2. The van der Waals surface area contributed by atoms with Crippen LogP contribution in [0.3, 0.4) is 0 Å². The van der Waals surface area contributed by atoms with Crippen LogP contribution in [0.2, 0.25) is 5.02 Å². The average molecular weight is 455 g/mol. The first-order valence-corrected chi connectivity index (χ1v) is 11.5. The smallest absolute Gasteiger partial charge is 0.409 e. The third kappa shape index (κ3) is 4.21. The van der Waals surface area contributed by atoms with Crippen molar-refractivity contribution in [3.63, 3.8) is 0 Å². The second-order valence-corrected chi connectivity index (χ2v) is 9.71. The van der Waals surface area contributed by atoms with Gasteiger partial charge in [-0.15, -0.1) is 0 Å². The van der Waals surface area contributed by atoms with Gasteiger partial charge in [0.05, 0.1) is 17.2 Å². The number of rotatable bonds is 6. The van der Waals surface area contributed by atoms with E-state index in [-0.39, 0.29) is 22.7 Å². The normalized spacial score (nSPS) is 23.9. The van der Waals surface area contributed by atoms with E-state index in [1.807, 2.05) is 32.0 Å². The molecule has 6 heteroatoms. The van der Waals surface area contributed by atoms with Crippen LogP contribution >= 0.6 is 11.6 Å². The first kappa shape index (κ1) is 22.6. The van der Waals surface area contributed by atoms with Gasteiger partial charge in [-0.25, -0.2) is 9.18 Å². The van der Waals surface area contributed by atoms with Crippen molar-refractivity contribution in [1.29, 1.82) is 5.26 Å². The lowest BCUT2D eigenvalue weighted by atomic mass is 9.81. The number of carbonyl (C=O) groups is 1. The maximum atomic E-state index is 14.7. The van der Waals surface area contributed by atoms with E-state index < -0.39 is 0 Å². The van der Waals surface area contributed by atoms with Crippen LogP contribution in [0.15, 0.2) is 36.4 Å². The van der Waals surface area contributed by atoms with Crippen LogP contribution in [0.1, 0.15) is 48.4 Å². The van der Waals surface area contributed by atoms with Crippen molar-refractivity contribution < 1.29 is 13.9 Å². The molecule has 2 aromatic rings. The molecule has 1 aliphatic heterocycles. The van der Waals surface area contributed by atoms with Gasteiger partial charge in [0, 0.05) is 13.1 Å². The molecule has 4 nitrogen and oxygen atoms in total. The summed E-state index contributed by atoms with van der Waals surface area (Å²) < 4.78 is 19.9. The predicted molar refractivity (Wildman–Crippen MR) is 122 cm³/mol. The zero-order chi connectivity index (χ0) is 22.9. The Balaban J connectivity index is 1.57. The molecule has 1 saturated heterocycles. The van der Waals surface area contributed by atoms with Crippen LogP contribution in [0, 0.1) is 34.9 Å². The van der Waals surface area contributed by atoms with Gasteiger partial charge in [0.1, 0.15) is 11.9 Å². The fourth-order valence-corrected chi connectivity index (χ4v) is 5.75. The monoisotopic (exact) mass is 454 g/mol. The van der Waals surface area contributed by atoms with Gasteiger partial charge in [-0.2, -0.15) is 5.26 Å². The van der Waals surface area contributed by atoms with Crippen molar-refractivity contribution in [3.05, 3.63) is 69.5 Å². The summed E-state index contributed by atoms with van der Waals surface area (Å²) in [6.07, 6.45) is 3.94. The Morgan fingerprint density at radius 2 is 2.12 bits per heavy atom. The molecule has 168 valence electrons. The third-order valence-corrected chi connectivity index (χ3v) is 7.65. The Morgan fingerprint density at radius 3 is 2.84 bits per heavy atom. The Morgan fingerprint density at radius 1 is 1.31 bits per heavy atom. The third-order valence-electron chi connectivity index (χ3n) is 7.33. The van der Waals surface area contributed by atoms with E-state index in [0.717, 1.165) is 42.4 Å². The zero-order valence-corrected chi connectivity index (χ0v) is 19.3. The van der Waals surface area contributed by atoms with Gasteiger partial charge in [-0.1, -0.05) is 35.4 Å². The number of aryl methyl sites for hydroxylation is 2. The van der Waals surface area contributed by atoms with Crippen LogP contribution in [0.25, 0.3) is 0 Å². The molecule has 2 aromatic carbocycles. The summed E-state index contributed by atoms with van der Waals surface area (Å²) in [5.74, 6) is -0.168. The van der Waals surface area contributed by atoms with Crippen LogP contribution in [-0.2, 0) is 17.6 Å². The molecule has 32 heavy (non-hydrogen) atoms. The summed E-state index contributed by atoms with van der Waals surface area (Å²) in [5, 5.41) is 9.59. The largest absolute Gasteiger partial charge is 0.450 e. The van der Waals surface area contributed by atoms with Crippen LogP contribution in [-0.4, -0.2) is 30.7 Å². The summed E-state index contributed by atoms with van der Waals surface area (Å²) in [6.45, 7) is 5.50. The minimum absolute atomic E-state index is 0.00760. The highest BCUT2D eigenvalue weighted by Crippen LogP contribution is 2.71. The number of likely N-dealkylation sites (tertiary alicyclic amines) is 1. The number of nitriles is 1. The van der Waals surface area contributed by atoms with E-state index in [1.54, 1.807) is 23.1 Å². The van der Waals surface area contributed by atoms with Crippen molar-refractivity contribution >= 4 is 17.7 Å². The molecular weight excluding hydrogens is 427 g/mol. The Kier molecular flexibility index (Phi) is 6.18. The molecule has 0 bridgehead atoms. The lowest BCUT2D eigenvalue weighted by molar-refractivity contribution is 0.112. The fourth-order valence-electron chi connectivity index (χ4n) is 5.51. The second-order valence-electron chi connectivity index (χ2n) is 9.31. The quantitative estimate of drug-likeness (QED) is 0.532. The summed E-state index contributed by atoms with van der Waals surface area (Å²) in [6, 6.07) is 12.9. The molecule has 0 unspecified atom stereocenters. The maximum absolute atomic E-state index is 14.7. The maximum Gasteiger partial charge on any atom is 0.409 e. The fraction of sp³-hybridized carbons (Fsp3) is 0.462. The highest BCUT2D eigenvalue weighted by Gasteiger charge is 2.68. The standard InChI is InChI=1S/C26H28ClFN2O2/c1-3-32-24(31)30-11-10-26(17-30)16-25(26,14-21-12-18(2)4-7-23(21)28)9-8-19-5-6-20(15-29)22(27)13-19/h4-7,12-13H,3,8-11,14,16-17H2,1-2H3/t25-,26+/m1/s1. The van der Waals surface area contributed by atoms with Gasteiger partial charge in [-0.05, 0) is 86.1 Å². The SMILES string of the molecule is CCOC(=O)N1CC[C@@]2(C1)C[C@@]2(CCc1ccc(C#N)c(Cl)c1)Cc1cc(C)ccc1F. The summed E-state index contributed by atoms with van der Waals surface area (Å²) in [5.41, 5.74) is 3.24. The van der Waals surface area contributed by atoms with Crippen molar-refractivity contribution in [1.82, 2.24) is 4.90 Å². The van der Waals surface area contributed by atoms with E-state index in [0.29, 0.717) is 36.7 Å². The van der Waals surface area contributed by atoms with E-state index >= 15 is 0 Å². The van der Waals surface area contributed by atoms with Crippen molar-refractivity contribution in [2.75, 3.05) is 19.7 Å². The number of carbonyl (C=O) groups excluding carboxylic acids is 1. The molecule has 0 N–H and O–H groups in total. The number of nitrogens with zero attached hydrogens (tertiary/aromatic N) is 2. The minimum atomic E-state index is -0.259. The van der Waals surface area contributed by atoms with E-state index in [9.17, 15) is 9.18 Å². The number of hydrogen-bond donors (Lipinski definition) is 0. The lowest BCUT2D eigenvalue weighted by Gasteiger charge is -2.24. The highest BCUT2D eigenvalue weighted by molar-refractivity contribution is 6.31. The van der Waals surface area contributed by atoms with E-state index in [4.69, 9.17) is 21.6 Å². The van der Waals surface area contributed by atoms with Crippen molar-refractivity contribution in [2.45, 2.75) is 46.0 Å². The van der Waals surface area contributed by atoms with Gasteiger partial charge in [0.2, 0.25) is 0 Å². The number of amides is 1. The Bertz CT molecular complexity index is 1080.